The maximum Gasteiger partial charge on any atom is 0.339 e. The summed E-state index contributed by atoms with van der Waals surface area (Å²) < 4.78 is 11.2. The van der Waals surface area contributed by atoms with Crippen molar-refractivity contribution in [3.63, 3.8) is 0 Å². The molecular weight excluding hydrogens is 334 g/mol. The monoisotopic (exact) mass is 349 g/mol. The second-order valence-corrected chi connectivity index (χ2v) is 5.39. The van der Waals surface area contributed by atoms with Crippen LogP contribution in [-0.4, -0.2) is 13.1 Å². The molecule has 0 aliphatic rings. The van der Waals surface area contributed by atoms with Gasteiger partial charge in [-0.2, -0.15) is 0 Å². The number of esters is 1. The highest BCUT2D eigenvalue weighted by Gasteiger charge is 2.14. The van der Waals surface area contributed by atoms with Gasteiger partial charge in [-0.15, -0.1) is 0 Å². The number of nitrogens with two attached hydrogens (primary N) is 1. The number of carbonyl (C=O) groups is 1. The van der Waals surface area contributed by atoms with Gasteiger partial charge in [0.25, 0.3) is 0 Å². The molecule has 0 atom stereocenters. The van der Waals surface area contributed by atoms with Gasteiger partial charge >= 0.3 is 5.97 Å². The van der Waals surface area contributed by atoms with E-state index < -0.39 is 5.97 Å². The van der Waals surface area contributed by atoms with Gasteiger partial charge in [-0.25, -0.2) is 4.79 Å². The van der Waals surface area contributed by atoms with Crippen molar-refractivity contribution in [3.8, 4) is 5.75 Å². The third-order valence-corrected chi connectivity index (χ3v) is 3.93. The van der Waals surface area contributed by atoms with Gasteiger partial charge in [0.2, 0.25) is 0 Å². The minimum absolute atomic E-state index is 0.144. The molecule has 0 amide bonds. The fourth-order valence-electron chi connectivity index (χ4n) is 1.95. The van der Waals surface area contributed by atoms with Gasteiger partial charge in [0.1, 0.15) is 12.4 Å². The third kappa shape index (κ3) is 3.55. The molecule has 110 valence electrons. The first-order valence-electron chi connectivity index (χ1n) is 6.37. The van der Waals surface area contributed by atoms with E-state index in [9.17, 15) is 4.79 Å². The first-order chi connectivity index (χ1) is 10.0. The molecule has 0 spiro atoms. The Morgan fingerprint density at radius 2 is 2.05 bits per heavy atom. The lowest BCUT2D eigenvalue weighted by atomic mass is 10.1. The van der Waals surface area contributed by atoms with Crippen molar-refractivity contribution in [2.24, 2.45) is 0 Å². The van der Waals surface area contributed by atoms with Crippen LogP contribution in [0.5, 0.6) is 5.75 Å². The fourth-order valence-corrected chi connectivity index (χ4v) is 2.37. The van der Waals surface area contributed by atoms with Crippen LogP contribution in [0.4, 0.5) is 5.69 Å². The molecule has 5 heteroatoms. The summed E-state index contributed by atoms with van der Waals surface area (Å²) in [6.45, 7) is 2.12. The summed E-state index contributed by atoms with van der Waals surface area (Å²) in [7, 11) is 1.59. The number of hydrogen-bond acceptors (Lipinski definition) is 4. The van der Waals surface area contributed by atoms with Crippen LogP contribution < -0.4 is 10.5 Å². The molecule has 0 saturated carbocycles. The molecule has 2 rings (SSSR count). The number of carbonyl (C=O) groups excluding carboxylic acids is 1. The molecule has 2 aromatic carbocycles. The molecule has 2 aromatic rings. The third-order valence-electron chi connectivity index (χ3n) is 3.04. The molecule has 2 N–H and O–H groups in total. The topological polar surface area (TPSA) is 61.5 Å². The highest BCUT2D eigenvalue weighted by atomic mass is 79.9. The number of nitrogen functional groups attached to an aromatic ring is 1. The largest absolute Gasteiger partial charge is 0.496 e. The Morgan fingerprint density at radius 1 is 1.29 bits per heavy atom. The zero-order valence-corrected chi connectivity index (χ0v) is 13.4. The SMILES string of the molecule is COc1ccc(C)cc1COC(=O)c1cccc(N)c1Br. The van der Waals surface area contributed by atoms with Gasteiger partial charge in [0.05, 0.1) is 17.1 Å². The Hall–Kier alpha value is -2.01. The summed E-state index contributed by atoms with van der Waals surface area (Å²) in [6.07, 6.45) is 0. The molecule has 0 radical (unpaired) electrons. The lowest BCUT2D eigenvalue weighted by Crippen LogP contribution is -2.08. The summed E-state index contributed by atoms with van der Waals surface area (Å²) in [4.78, 5) is 12.1. The Kier molecular flexibility index (Phi) is 4.85. The number of ether oxygens (including phenoxy) is 2. The first-order valence-corrected chi connectivity index (χ1v) is 7.17. The Morgan fingerprint density at radius 3 is 2.76 bits per heavy atom. The minimum Gasteiger partial charge on any atom is -0.496 e. The quantitative estimate of drug-likeness (QED) is 0.675. The highest BCUT2D eigenvalue weighted by molar-refractivity contribution is 9.10. The zero-order chi connectivity index (χ0) is 15.4. The molecule has 0 bridgehead atoms. The lowest BCUT2D eigenvalue weighted by Gasteiger charge is -2.11. The zero-order valence-electron chi connectivity index (χ0n) is 11.9. The molecule has 0 heterocycles. The van der Waals surface area contributed by atoms with E-state index in [0.29, 0.717) is 21.5 Å². The number of hydrogen-bond donors (Lipinski definition) is 1. The summed E-state index contributed by atoms with van der Waals surface area (Å²) in [5, 5.41) is 0. The molecule has 0 unspecified atom stereocenters. The number of anilines is 1. The summed E-state index contributed by atoms with van der Waals surface area (Å²) in [5.41, 5.74) is 8.56. The van der Waals surface area contributed by atoms with Crippen LogP contribution in [0.2, 0.25) is 0 Å². The second-order valence-electron chi connectivity index (χ2n) is 4.60. The van der Waals surface area contributed by atoms with Crippen LogP contribution in [0.25, 0.3) is 0 Å². The molecule has 0 aliphatic heterocycles. The number of halogens is 1. The van der Waals surface area contributed by atoms with E-state index in [0.717, 1.165) is 11.1 Å². The van der Waals surface area contributed by atoms with Crippen molar-refractivity contribution in [1.82, 2.24) is 0 Å². The standard InChI is InChI=1S/C16H16BrNO3/c1-10-6-7-14(20-2)11(8-10)9-21-16(19)12-4-3-5-13(18)15(12)17/h3-8H,9,18H2,1-2H3. The Balaban J connectivity index is 2.15. The van der Waals surface area contributed by atoms with E-state index in [-0.39, 0.29) is 6.61 Å². The van der Waals surface area contributed by atoms with E-state index in [1.165, 1.54) is 0 Å². The predicted octanol–water partition coefficient (Wildman–Crippen LogP) is 3.71. The predicted molar refractivity (Wildman–Crippen MR) is 85.4 cm³/mol. The molecular formula is C16H16BrNO3. The average Bonchev–Trinajstić information content (AvgIpc) is 2.47. The maximum absolute atomic E-state index is 12.1. The normalized spacial score (nSPS) is 10.2. The van der Waals surface area contributed by atoms with E-state index in [4.69, 9.17) is 15.2 Å². The van der Waals surface area contributed by atoms with Gasteiger partial charge in [-0.1, -0.05) is 17.7 Å². The van der Waals surface area contributed by atoms with Gasteiger partial charge in [0.15, 0.2) is 0 Å². The Labute approximate surface area is 132 Å². The van der Waals surface area contributed by atoms with Gasteiger partial charge in [-0.3, -0.25) is 0 Å². The van der Waals surface area contributed by atoms with Crippen LogP contribution in [0.1, 0.15) is 21.5 Å². The number of aryl methyl sites for hydroxylation is 1. The fraction of sp³-hybridized carbons (Fsp3) is 0.188. The first kappa shape index (κ1) is 15.4. The van der Waals surface area contributed by atoms with Crippen LogP contribution in [0, 0.1) is 6.92 Å². The summed E-state index contributed by atoms with van der Waals surface area (Å²) in [5.74, 6) is 0.262. The molecule has 0 aliphatic carbocycles. The number of benzene rings is 2. The van der Waals surface area contributed by atoms with E-state index in [1.54, 1.807) is 25.3 Å². The summed E-state index contributed by atoms with van der Waals surface area (Å²) >= 11 is 3.30. The van der Waals surface area contributed by atoms with E-state index in [1.807, 2.05) is 25.1 Å². The Bertz CT molecular complexity index is 671. The van der Waals surface area contributed by atoms with Gasteiger partial charge in [-0.05, 0) is 47.1 Å². The van der Waals surface area contributed by atoms with Crippen molar-refractivity contribution < 1.29 is 14.3 Å². The summed E-state index contributed by atoms with van der Waals surface area (Å²) in [6, 6.07) is 10.8. The minimum atomic E-state index is -0.433. The van der Waals surface area contributed by atoms with Gasteiger partial charge in [0, 0.05) is 11.3 Å². The van der Waals surface area contributed by atoms with E-state index >= 15 is 0 Å². The van der Waals surface area contributed by atoms with Crippen LogP contribution >= 0.6 is 15.9 Å². The molecule has 0 aromatic heterocycles. The van der Waals surface area contributed by atoms with E-state index in [2.05, 4.69) is 15.9 Å². The van der Waals surface area contributed by atoms with Crippen LogP contribution in [0.15, 0.2) is 40.9 Å². The maximum atomic E-state index is 12.1. The number of rotatable bonds is 4. The van der Waals surface area contributed by atoms with Crippen molar-refractivity contribution in [1.29, 1.82) is 0 Å². The van der Waals surface area contributed by atoms with Crippen molar-refractivity contribution in [2.75, 3.05) is 12.8 Å². The number of methoxy groups -OCH3 is 1. The molecule has 21 heavy (non-hydrogen) atoms. The van der Waals surface area contributed by atoms with Crippen LogP contribution in [0.3, 0.4) is 0 Å². The van der Waals surface area contributed by atoms with Gasteiger partial charge < -0.3 is 15.2 Å². The molecule has 4 nitrogen and oxygen atoms in total. The van der Waals surface area contributed by atoms with Crippen molar-refractivity contribution in [2.45, 2.75) is 13.5 Å². The smallest absolute Gasteiger partial charge is 0.339 e. The van der Waals surface area contributed by atoms with Crippen LogP contribution in [-0.2, 0) is 11.3 Å². The highest BCUT2D eigenvalue weighted by Crippen LogP contribution is 2.25. The van der Waals surface area contributed by atoms with Crippen molar-refractivity contribution >= 4 is 27.6 Å². The average molecular weight is 350 g/mol. The second kappa shape index (κ2) is 6.63. The molecule has 0 saturated heterocycles. The van der Waals surface area contributed by atoms with Crippen molar-refractivity contribution in [3.05, 3.63) is 57.6 Å². The lowest BCUT2D eigenvalue weighted by molar-refractivity contribution is 0.0469. The molecule has 0 fully saturated rings.